The summed E-state index contributed by atoms with van der Waals surface area (Å²) in [6.45, 7) is 9.98. The Kier molecular flexibility index (Phi) is 6.15. The number of benzene rings is 2. The number of hydrogen-bond acceptors (Lipinski definition) is 3. The van der Waals surface area contributed by atoms with Crippen molar-refractivity contribution >= 4 is 15.7 Å². The van der Waals surface area contributed by atoms with Gasteiger partial charge in [0.15, 0.2) is 0 Å². The highest BCUT2D eigenvalue weighted by molar-refractivity contribution is 7.92. The molecule has 0 amide bonds. The van der Waals surface area contributed by atoms with Crippen molar-refractivity contribution in [2.24, 2.45) is 5.92 Å². The minimum absolute atomic E-state index is 0.0506. The van der Waals surface area contributed by atoms with Gasteiger partial charge in [0, 0.05) is 18.8 Å². The maximum atomic E-state index is 11.6. The standard InChI is InChI=1S/C23H32N2O2S/c1-18-7-5-8-20(15-18)11-13-25-14-12-23(3,19(2)17-25)21-9-6-10-22(16-21)24-28(4,26)27/h5-10,15-16,19,24H,11-14,17H2,1-4H3/t19-,23-/m0/s1. The van der Waals surface area contributed by atoms with Crippen LogP contribution in [0.4, 0.5) is 5.69 Å². The predicted molar refractivity (Wildman–Crippen MR) is 117 cm³/mol. The highest BCUT2D eigenvalue weighted by Crippen LogP contribution is 2.40. The summed E-state index contributed by atoms with van der Waals surface area (Å²) >= 11 is 0. The lowest BCUT2D eigenvalue weighted by Gasteiger charge is -2.45. The van der Waals surface area contributed by atoms with Crippen molar-refractivity contribution in [3.05, 3.63) is 65.2 Å². The first-order valence-electron chi connectivity index (χ1n) is 10.0. The molecule has 0 aliphatic carbocycles. The van der Waals surface area contributed by atoms with Crippen LogP contribution in [0.15, 0.2) is 48.5 Å². The SMILES string of the molecule is Cc1cccc(CCN2CC[C@](C)(c3cccc(NS(C)(=O)=O)c3)[C@@H](C)C2)c1. The van der Waals surface area contributed by atoms with Crippen molar-refractivity contribution in [1.29, 1.82) is 0 Å². The Morgan fingerprint density at radius 1 is 1.18 bits per heavy atom. The fourth-order valence-corrected chi connectivity index (χ4v) is 4.81. The van der Waals surface area contributed by atoms with Crippen molar-refractivity contribution < 1.29 is 8.42 Å². The molecular formula is C23H32N2O2S. The predicted octanol–water partition coefficient (Wildman–Crippen LogP) is 4.21. The minimum atomic E-state index is -3.26. The monoisotopic (exact) mass is 400 g/mol. The zero-order valence-corrected chi connectivity index (χ0v) is 18.2. The van der Waals surface area contributed by atoms with Crippen LogP contribution in [-0.2, 0) is 21.9 Å². The van der Waals surface area contributed by atoms with Crippen molar-refractivity contribution in [3.63, 3.8) is 0 Å². The third-order valence-electron chi connectivity index (χ3n) is 6.19. The lowest BCUT2D eigenvalue weighted by atomic mass is 9.68. The number of hydrogen-bond donors (Lipinski definition) is 1. The molecule has 1 N–H and O–H groups in total. The quantitative estimate of drug-likeness (QED) is 0.790. The second-order valence-electron chi connectivity index (χ2n) is 8.56. The summed E-state index contributed by atoms with van der Waals surface area (Å²) in [6.07, 6.45) is 3.35. The van der Waals surface area contributed by atoms with E-state index >= 15 is 0 Å². The fourth-order valence-electron chi connectivity index (χ4n) is 4.26. The zero-order chi connectivity index (χ0) is 20.4. The van der Waals surface area contributed by atoms with E-state index in [4.69, 9.17) is 0 Å². The van der Waals surface area contributed by atoms with E-state index in [1.165, 1.54) is 22.9 Å². The topological polar surface area (TPSA) is 49.4 Å². The molecule has 0 bridgehead atoms. The van der Waals surface area contributed by atoms with Gasteiger partial charge in [-0.25, -0.2) is 8.42 Å². The molecule has 2 atom stereocenters. The third-order valence-corrected chi connectivity index (χ3v) is 6.80. The van der Waals surface area contributed by atoms with E-state index in [0.29, 0.717) is 11.6 Å². The van der Waals surface area contributed by atoms with Gasteiger partial charge in [0.1, 0.15) is 0 Å². The number of aryl methyl sites for hydroxylation is 1. The number of nitrogens with zero attached hydrogens (tertiary/aromatic N) is 1. The summed E-state index contributed by atoms with van der Waals surface area (Å²) in [7, 11) is -3.26. The van der Waals surface area contributed by atoms with Gasteiger partial charge in [0.2, 0.25) is 10.0 Å². The molecule has 1 heterocycles. The molecule has 2 aromatic rings. The van der Waals surface area contributed by atoms with Crippen LogP contribution < -0.4 is 4.72 Å². The van der Waals surface area contributed by atoms with Crippen LogP contribution in [0, 0.1) is 12.8 Å². The van der Waals surface area contributed by atoms with Gasteiger partial charge < -0.3 is 4.90 Å². The fraction of sp³-hybridized carbons (Fsp3) is 0.478. The van der Waals surface area contributed by atoms with Gasteiger partial charge in [-0.2, -0.15) is 0 Å². The van der Waals surface area contributed by atoms with Gasteiger partial charge in [-0.15, -0.1) is 0 Å². The van der Waals surface area contributed by atoms with Gasteiger partial charge in [-0.1, -0.05) is 55.8 Å². The molecule has 0 aromatic heterocycles. The van der Waals surface area contributed by atoms with Gasteiger partial charge in [-0.05, 0) is 60.9 Å². The molecule has 0 radical (unpaired) electrons. The van der Waals surface area contributed by atoms with E-state index in [0.717, 1.165) is 32.5 Å². The normalized spacial score (nSPS) is 23.5. The largest absolute Gasteiger partial charge is 0.303 e. The molecule has 4 nitrogen and oxygen atoms in total. The van der Waals surface area contributed by atoms with Crippen LogP contribution in [0.1, 0.15) is 37.0 Å². The molecule has 1 aliphatic rings. The van der Waals surface area contributed by atoms with E-state index in [-0.39, 0.29) is 5.41 Å². The first-order chi connectivity index (χ1) is 13.2. The van der Waals surface area contributed by atoms with Crippen LogP contribution in [0.2, 0.25) is 0 Å². The number of anilines is 1. The number of sulfonamides is 1. The van der Waals surface area contributed by atoms with Crippen molar-refractivity contribution in [3.8, 4) is 0 Å². The lowest BCUT2D eigenvalue weighted by Crippen LogP contribution is -2.47. The Hall–Kier alpha value is -1.85. The number of piperidine rings is 1. The van der Waals surface area contributed by atoms with Crippen LogP contribution in [0.5, 0.6) is 0 Å². The number of rotatable bonds is 6. The summed E-state index contributed by atoms with van der Waals surface area (Å²) in [6, 6.07) is 16.7. The van der Waals surface area contributed by atoms with E-state index in [1.54, 1.807) is 0 Å². The molecule has 152 valence electrons. The van der Waals surface area contributed by atoms with Crippen molar-refractivity contribution in [2.75, 3.05) is 30.6 Å². The highest BCUT2D eigenvalue weighted by atomic mass is 32.2. The lowest BCUT2D eigenvalue weighted by molar-refractivity contribution is 0.112. The highest BCUT2D eigenvalue weighted by Gasteiger charge is 2.37. The van der Waals surface area contributed by atoms with Crippen molar-refractivity contribution in [2.45, 2.75) is 39.0 Å². The van der Waals surface area contributed by atoms with E-state index in [1.807, 2.05) is 18.2 Å². The van der Waals surface area contributed by atoms with Crippen LogP contribution >= 0.6 is 0 Å². The summed E-state index contributed by atoms with van der Waals surface area (Å²) < 4.78 is 25.7. The molecule has 2 aromatic carbocycles. The third kappa shape index (κ3) is 5.15. The summed E-state index contributed by atoms with van der Waals surface area (Å²) in [5.41, 5.74) is 4.64. The molecule has 1 fully saturated rings. The Morgan fingerprint density at radius 3 is 2.61 bits per heavy atom. The number of likely N-dealkylation sites (tertiary alicyclic amines) is 1. The molecule has 0 unspecified atom stereocenters. The first kappa shape index (κ1) is 20.9. The Labute approximate surface area is 170 Å². The molecule has 1 saturated heterocycles. The Morgan fingerprint density at radius 2 is 1.93 bits per heavy atom. The van der Waals surface area contributed by atoms with Gasteiger partial charge >= 0.3 is 0 Å². The number of nitrogens with one attached hydrogen (secondary N) is 1. The Balaban J connectivity index is 1.66. The molecule has 1 aliphatic heterocycles. The zero-order valence-electron chi connectivity index (χ0n) is 17.4. The van der Waals surface area contributed by atoms with Crippen LogP contribution in [-0.4, -0.2) is 39.2 Å². The van der Waals surface area contributed by atoms with Crippen LogP contribution in [0.25, 0.3) is 0 Å². The van der Waals surface area contributed by atoms with Crippen molar-refractivity contribution in [1.82, 2.24) is 4.90 Å². The smallest absolute Gasteiger partial charge is 0.229 e. The minimum Gasteiger partial charge on any atom is -0.303 e. The maximum absolute atomic E-state index is 11.6. The van der Waals surface area contributed by atoms with Gasteiger partial charge in [0.25, 0.3) is 0 Å². The molecule has 5 heteroatoms. The maximum Gasteiger partial charge on any atom is 0.229 e. The van der Waals surface area contributed by atoms with E-state index < -0.39 is 10.0 Å². The second kappa shape index (κ2) is 8.26. The van der Waals surface area contributed by atoms with E-state index in [9.17, 15) is 8.42 Å². The molecular weight excluding hydrogens is 368 g/mol. The Bertz CT molecular complexity index is 926. The van der Waals surface area contributed by atoms with Gasteiger partial charge in [-0.3, -0.25) is 4.72 Å². The molecule has 0 saturated carbocycles. The molecule has 3 rings (SSSR count). The molecule has 0 spiro atoms. The van der Waals surface area contributed by atoms with E-state index in [2.05, 4.69) is 60.7 Å². The van der Waals surface area contributed by atoms with Crippen LogP contribution in [0.3, 0.4) is 0 Å². The average Bonchev–Trinajstić information content (AvgIpc) is 2.62. The first-order valence-corrected chi connectivity index (χ1v) is 11.9. The van der Waals surface area contributed by atoms with Gasteiger partial charge in [0.05, 0.1) is 6.26 Å². The molecule has 28 heavy (non-hydrogen) atoms. The summed E-state index contributed by atoms with van der Waals surface area (Å²) in [5.74, 6) is 0.493. The second-order valence-corrected chi connectivity index (χ2v) is 10.3. The average molecular weight is 401 g/mol. The summed E-state index contributed by atoms with van der Waals surface area (Å²) in [4.78, 5) is 2.56. The summed E-state index contributed by atoms with van der Waals surface area (Å²) in [5, 5.41) is 0.